The van der Waals surface area contributed by atoms with E-state index in [-0.39, 0.29) is 5.91 Å². The molecule has 1 aliphatic heterocycles. The molecule has 1 rings (SSSR count). The van der Waals surface area contributed by atoms with Gasteiger partial charge in [-0.2, -0.15) is 0 Å². The molecule has 0 radical (unpaired) electrons. The van der Waals surface area contributed by atoms with Crippen LogP contribution in [0.15, 0.2) is 0 Å². The highest BCUT2D eigenvalue weighted by atomic mass is 16.1. The van der Waals surface area contributed by atoms with Crippen LogP contribution in [0.5, 0.6) is 0 Å². The van der Waals surface area contributed by atoms with E-state index < -0.39 is 0 Å². The van der Waals surface area contributed by atoms with E-state index in [1.165, 1.54) is 12.8 Å². The predicted molar refractivity (Wildman–Crippen MR) is 53.5 cm³/mol. The summed E-state index contributed by atoms with van der Waals surface area (Å²) in [4.78, 5) is 11.0. The van der Waals surface area contributed by atoms with Crippen LogP contribution in [0.25, 0.3) is 0 Å². The molecule has 0 aromatic carbocycles. The Labute approximate surface area is 80.3 Å². The second-order valence-corrected chi connectivity index (χ2v) is 3.91. The van der Waals surface area contributed by atoms with Gasteiger partial charge in [0.25, 0.3) is 0 Å². The average molecular weight is 184 g/mol. The molecule has 0 bridgehead atoms. The van der Waals surface area contributed by atoms with Gasteiger partial charge < -0.3 is 10.6 Å². The van der Waals surface area contributed by atoms with Gasteiger partial charge in [0.05, 0.1) is 0 Å². The van der Waals surface area contributed by atoms with E-state index in [0.29, 0.717) is 18.4 Å². The van der Waals surface area contributed by atoms with E-state index >= 15 is 0 Å². The SMILES string of the molecule is CCC(=O)NCC1CCC(C)NC1. The minimum atomic E-state index is 0.165. The topological polar surface area (TPSA) is 41.1 Å². The van der Waals surface area contributed by atoms with E-state index in [1.807, 2.05) is 6.92 Å². The Bertz CT molecular complexity index is 162. The Morgan fingerprint density at radius 3 is 2.85 bits per heavy atom. The molecular weight excluding hydrogens is 164 g/mol. The molecule has 0 aromatic heterocycles. The third kappa shape index (κ3) is 3.77. The maximum Gasteiger partial charge on any atom is 0.219 e. The molecular formula is C10H20N2O. The van der Waals surface area contributed by atoms with Crippen molar-refractivity contribution in [2.75, 3.05) is 13.1 Å². The van der Waals surface area contributed by atoms with Gasteiger partial charge in [0.2, 0.25) is 5.91 Å². The number of rotatable bonds is 3. The summed E-state index contributed by atoms with van der Waals surface area (Å²) in [6, 6.07) is 0.651. The first kappa shape index (κ1) is 10.5. The van der Waals surface area contributed by atoms with Gasteiger partial charge in [-0.15, -0.1) is 0 Å². The average Bonchev–Trinajstić information content (AvgIpc) is 2.16. The normalized spacial score (nSPS) is 28.5. The molecule has 1 heterocycles. The van der Waals surface area contributed by atoms with Crippen LogP contribution < -0.4 is 10.6 Å². The fourth-order valence-corrected chi connectivity index (χ4v) is 1.62. The van der Waals surface area contributed by atoms with Gasteiger partial charge in [-0.05, 0) is 32.2 Å². The first-order chi connectivity index (χ1) is 6.22. The summed E-state index contributed by atoms with van der Waals surface area (Å²) >= 11 is 0. The Hall–Kier alpha value is -0.570. The number of carbonyl (C=O) groups is 1. The zero-order chi connectivity index (χ0) is 9.68. The lowest BCUT2D eigenvalue weighted by Gasteiger charge is -2.27. The monoisotopic (exact) mass is 184 g/mol. The molecule has 3 nitrogen and oxygen atoms in total. The minimum Gasteiger partial charge on any atom is -0.356 e. The second-order valence-electron chi connectivity index (χ2n) is 3.91. The van der Waals surface area contributed by atoms with Crippen LogP contribution in [0.4, 0.5) is 0 Å². The fraction of sp³-hybridized carbons (Fsp3) is 0.900. The third-order valence-corrected chi connectivity index (χ3v) is 2.67. The summed E-state index contributed by atoms with van der Waals surface area (Å²) in [6.45, 7) is 5.98. The molecule has 0 aliphatic carbocycles. The summed E-state index contributed by atoms with van der Waals surface area (Å²) in [5.74, 6) is 0.797. The smallest absolute Gasteiger partial charge is 0.219 e. The van der Waals surface area contributed by atoms with Crippen LogP contribution in [0.2, 0.25) is 0 Å². The van der Waals surface area contributed by atoms with Crippen LogP contribution in [0.1, 0.15) is 33.1 Å². The van der Waals surface area contributed by atoms with Crippen molar-refractivity contribution < 1.29 is 4.79 Å². The number of nitrogens with one attached hydrogen (secondary N) is 2. The van der Waals surface area contributed by atoms with Crippen molar-refractivity contribution in [3.05, 3.63) is 0 Å². The van der Waals surface area contributed by atoms with E-state index in [1.54, 1.807) is 0 Å². The Balaban J connectivity index is 2.12. The van der Waals surface area contributed by atoms with Crippen molar-refractivity contribution in [2.24, 2.45) is 5.92 Å². The molecule has 0 aromatic rings. The lowest BCUT2D eigenvalue weighted by molar-refractivity contribution is -0.120. The van der Waals surface area contributed by atoms with Gasteiger partial charge in [-0.3, -0.25) is 4.79 Å². The van der Waals surface area contributed by atoms with Gasteiger partial charge in [0.1, 0.15) is 0 Å². The van der Waals surface area contributed by atoms with Gasteiger partial charge in [0, 0.05) is 19.0 Å². The molecule has 1 amide bonds. The molecule has 76 valence electrons. The lowest BCUT2D eigenvalue weighted by atomic mass is 9.95. The summed E-state index contributed by atoms with van der Waals surface area (Å²) in [7, 11) is 0. The Morgan fingerprint density at radius 2 is 2.31 bits per heavy atom. The van der Waals surface area contributed by atoms with Crippen LogP contribution in [-0.2, 0) is 4.79 Å². The molecule has 1 aliphatic rings. The standard InChI is InChI=1S/C10H20N2O/c1-3-10(13)12-7-9-5-4-8(2)11-6-9/h8-9,11H,3-7H2,1-2H3,(H,12,13). The summed E-state index contributed by atoms with van der Waals surface area (Å²) in [5.41, 5.74) is 0. The van der Waals surface area contributed by atoms with E-state index in [2.05, 4.69) is 17.6 Å². The van der Waals surface area contributed by atoms with E-state index in [4.69, 9.17) is 0 Å². The largest absolute Gasteiger partial charge is 0.356 e. The van der Waals surface area contributed by atoms with Crippen LogP contribution in [0, 0.1) is 5.92 Å². The number of hydrogen-bond donors (Lipinski definition) is 2. The van der Waals surface area contributed by atoms with Crippen molar-refractivity contribution >= 4 is 5.91 Å². The highest BCUT2D eigenvalue weighted by Gasteiger charge is 2.17. The van der Waals surface area contributed by atoms with Crippen molar-refractivity contribution in [3.8, 4) is 0 Å². The van der Waals surface area contributed by atoms with Crippen molar-refractivity contribution in [3.63, 3.8) is 0 Å². The number of carbonyl (C=O) groups excluding carboxylic acids is 1. The molecule has 3 heteroatoms. The molecule has 2 N–H and O–H groups in total. The molecule has 0 spiro atoms. The van der Waals surface area contributed by atoms with Gasteiger partial charge in [-0.1, -0.05) is 6.92 Å². The molecule has 2 atom stereocenters. The second kappa shape index (κ2) is 5.22. The van der Waals surface area contributed by atoms with Gasteiger partial charge in [-0.25, -0.2) is 0 Å². The number of amides is 1. The molecule has 13 heavy (non-hydrogen) atoms. The molecule has 2 unspecified atom stereocenters. The highest BCUT2D eigenvalue weighted by Crippen LogP contribution is 2.12. The summed E-state index contributed by atoms with van der Waals surface area (Å²) < 4.78 is 0. The zero-order valence-corrected chi connectivity index (χ0v) is 8.60. The van der Waals surface area contributed by atoms with Crippen LogP contribution in [-0.4, -0.2) is 25.0 Å². The van der Waals surface area contributed by atoms with Crippen LogP contribution >= 0.6 is 0 Å². The molecule has 1 saturated heterocycles. The first-order valence-electron chi connectivity index (χ1n) is 5.22. The summed E-state index contributed by atoms with van der Waals surface area (Å²) in [5, 5.41) is 6.36. The molecule has 0 saturated carbocycles. The first-order valence-corrected chi connectivity index (χ1v) is 5.22. The Kier molecular flexibility index (Phi) is 4.22. The maximum absolute atomic E-state index is 11.0. The van der Waals surface area contributed by atoms with Gasteiger partial charge >= 0.3 is 0 Å². The maximum atomic E-state index is 11.0. The van der Waals surface area contributed by atoms with E-state index in [0.717, 1.165) is 13.1 Å². The van der Waals surface area contributed by atoms with E-state index in [9.17, 15) is 4.79 Å². The number of piperidine rings is 1. The minimum absolute atomic E-state index is 0.165. The molecule has 1 fully saturated rings. The fourth-order valence-electron chi connectivity index (χ4n) is 1.62. The Morgan fingerprint density at radius 1 is 1.54 bits per heavy atom. The lowest BCUT2D eigenvalue weighted by Crippen LogP contribution is -2.41. The highest BCUT2D eigenvalue weighted by molar-refractivity contribution is 5.75. The van der Waals surface area contributed by atoms with Crippen molar-refractivity contribution in [1.29, 1.82) is 0 Å². The predicted octanol–water partition coefficient (Wildman–Crippen LogP) is 0.901. The van der Waals surface area contributed by atoms with Crippen molar-refractivity contribution in [1.82, 2.24) is 10.6 Å². The quantitative estimate of drug-likeness (QED) is 0.684. The van der Waals surface area contributed by atoms with Crippen LogP contribution in [0.3, 0.4) is 0 Å². The third-order valence-electron chi connectivity index (χ3n) is 2.67. The zero-order valence-electron chi connectivity index (χ0n) is 8.60. The van der Waals surface area contributed by atoms with Crippen molar-refractivity contribution in [2.45, 2.75) is 39.2 Å². The van der Waals surface area contributed by atoms with Gasteiger partial charge in [0.15, 0.2) is 0 Å². The number of hydrogen-bond acceptors (Lipinski definition) is 2. The summed E-state index contributed by atoms with van der Waals surface area (Å²) in [6.07, 6.45) is 3.06.